The molecule has 5 fully saturated rings. The Labute approximate surface area is 285 Å². The summed E-state index contributed by atoms with van der Waals surface area (Å²) in [6.07, 6.45) is 19.7. The Morgan fingerprint density at radius 1 is 0.152 bits per heavy atom. The second kappa shape index (κ2) is 22.4. The second-order valence-corrected chi connectivity index (χ2v) is 15.7. The van der Waals surface area contributed by atoms with E-state index in [4.69, 9.17) is 0 Å². The van der Waals surface area contributed by atoms with Gasteiger partial charge in [0.2, 0.25) is 0 Å². The Bertz CT molecular complexity index is 623. The van der Waals surface area contributed by atoms with E-state index in [9.17, 15) is 0 Å². The van der Waals surface area contributed by atoms with Crippen LogP contribution < -0.4 is 0 Å². The first-order valence-corrected chi connectivity index (χ1v) is 20.6. The van der Waals surface area contributed by atoms with Gasteiger partial charge in [-0.05, 0) is 143 Å². The van der Waals surface area contributed by atoms with Gasteiger partial charge >= 0.3 is 0 Å². The maximum atomic E-state index is 2.86. The van der Waals surface area contributed by atoms with E-state index in [1.54, 1.807) is 0 Å². The molecule has 5 rings (SSSR count). The van der Waals surface area contributed by atoms with Gasteiger partial charge in [0.05, 0.1) is 0 Å². The first kappa shape index (κ1) is 36.9. The van der Waals surface area contributed by atoms with Gasteiger partial charge in [0.1, 0.15) is 0 Å². The number of rotatable bonds is 12. The largest absolute Gasteiger partial charge is 0.302 e. The third-order valence-electron chi connectivity index (χ3n) is 12.1. The predicted octanol–water partition coefficient (Wildman–Crippen LogP) is 3.93. The van der Waals surface area contributed by atoms with Gasteiger partial charge in [0.15, 0.2) is 0 Å². The minimum atomic E-state index is 1.25. The van der Waals surface area contributed by atoms with Gasteiger partial charge in [-0.1, -0.05) is 25.7 Å². The SMILES string of the molecule is C1CCN(CCN2CCCN(CCN3CCCCC3)CCN(CCN3CCCCC3)CCCN(CCN3CCCCC3)CC2)CC1. The average Bonchev–Trinajstić information content (AvgIpc) is 3.11. The van der Waals surface area contributed by atoms with Crippen LogP contribution in [0.5, 0.6) is 0 Å². The molecule has 0 bridgehead atoms. The Morgan fingerprint density at radius 2 is 0.304 bits per heavy atom. The normalized spacial score (nSPS) is 27.1. The van der Waals surface area contributed by atoms with Crippen molar-refractivity contribution in [1.82, 2.24) is 39.2 Å². The minimum absolute atomic E-state index is 1.25. The highest BCUT2D eigenvalue weighted by Crippen LogP contribution is 2.13. The summed E-state index contributed by atoms with van der Waals surface area (Å²) >= 11 is 0. The molecule has 0 unspecified atom stereocenters. The summed E-state index contributed by atoms with van der Waals surface area (Å²) in [6, 6.07) is 0. The van der Waals surface area contributed by atoms with Crippen molar-refractivity contribution in [1.29, 1.82) is 0 Å². The van der Waals surface area contributed by atoms with Crippen molar-refractivity contribution in [2.24, 2.45) is 0 Å². The van der Waals surface area contributed by atoms with Gasteiger partial charge in [0, 0.05) is 78.5 Å². The lowest BCUT2D eigenvalue weighted by atomic mass is 10.1. The van der Waals surface area contributed by atoms with Crippen LogP contribution in [0.25, 0.3) is 0 Å². The maximum Gasteiger partial charge on any atom is 0.0110 e. The van der Waals surface area contributed by atoms with Crippen molar-refractivity contribution in [3.8, 4) is 0 Å². The van der Waals surface area contributed by atoms with Gasteiger partial charge in [-0.15, -0.1) is 0 Å². The summed E-state index contributed by atoms with van der Waals surface area (Å²) in [5, 5.41) is 0. The second-order valence-electron chi connectivity index (χ2n) is 15.7. The molecule has 268 valence electrons. The van der Waals surface area contributed by atoms with Crippen molar-refractivity contribution in [2.75, 3.05) is 157 Å². The monoisotopic (exact) mass is 645 g/mol. The molecule has 0 radical (unpaired) electrons. The Hall–Kier alpha value is -0.320. The molecule has 8 nitrogen and oxygen atoms in total. The smallest absolute Gasteiger partial charge is 0.0110 e. The predicted molar refractivity (Wildman–Crippen MR) is 196 cm³/mol. The van der Waals surface area contributed by atoms with Crippen LogP contribution in [-0.2, 0) is 0 Å². The van der Waals surface area contributed by atoms with Crippen molar-refractivity contribution in [3.63, 3.8) is 0 Å². The van der Waals surface area contributed by atoms with Crippen LogP contribution >= 0.6 is 0 Å². The molecule has 0 aliphatic carbocycles. The summed E-state index contributed by atoms with van der Waals surface area (Å²) in [6.45, 7) is 30.9. The fourth-order valence-corrected chi connectivity index (χ4v) is 8.81. The maximum absolute atomic E-state index is 2.86. The molecule has 5 saturated heterocycles. The quantitative estimate of drug-likeness (QED) is 0.316. The lowest BCUT2D eigenvalue weighted by molar-refractivity contribution is 0.121. The van der Waals surface area contributed by atoms with Crippen molar-refractivity contribution in [3.05, 3.63) is 0 Å². The first-order chi connectivity index (χ1) is 22.8. The topological polar surface area (TPSA) is 25.9 Å². The third kappa shape index (κ3) is 14.7. The zero-order valence-corrected chi connectivity index (χ0v) is 30.4. The Kier molecular flexibility index (Phi) is 18.0. The highest BCUT2D eigenvalue weighted by atomic mass is 15.3. The number of piperidine rings is 4. The zero-order chi connectivity index (χ0) is 31.5. The van der Waals surface area contributed by atoms with E-state index < -0.39 is 0 Å². The molecule has 5 aliphatic heterocycles. The third-order valence-corrected chi connectivity index (χ3v) is 12.1. The molecule has 0 saturated carbocycles. The van der Waals surface area contributed by atoms with Crippen LogP contribution in [0.15, 0.2) is 0 Å². The van der Waals surface area contributed by atoms with Crippen LogP contribution in [-0.4, -0.2) is 196 Å². The van der Waals surface area contributed by atoms with E-state index in [0.717, 1.165) is 0 Å². The van der Waals surface area contributed by atoms with Crippen LogP contribution in [0.4, 0.5) is 0 Å². The molecule has 5 aliphatic rings. The number of likely N-dealkylation sites (tertiary alicyclic amines) is 4. The molecule has 0 aromatic carbocycles. The standard InChI is InChI=1S/C38H76N8/c1-5-15-39(16-6-1)27-31-43-23-13-24-45(33-29-41-19-9-3-10-20-41)37-38-46(34-30-42-21-11-4-12-22-42)26-14-25-44(36-35-43)32-28-40-17-7-2-8-18-40/h1-38H2. The number of nitrogens with zero attached hydrogens (tertiary/aromatic N) is 8. The lowest BCUT2D eigenvalue weighted by Crippen LogP contribution is -2.46. The lowest BCUT2D eigenvalue weighted by Gasteiger charge is -2.35. The molecular formula is C38H76N8. The van der Waals surface area contributed by atoms with Gasteiger partial charge in [0.25, 0.3) is 0 Å². The van der Waals surface area contributed by atoms with Gasteiger partial charge in [-0.2, -0.15) is 0 Å². The molecule has 0 N–H and O–H groups in total. The summed E-state index contributed by atoms with van der Waals surface area (Å²) in [5.41, 5.74) is 0. The average molecular weight is 645 g/mol. The Balaban J connectivity index is 1.18. The highest BCUT2D eigenvalue weighted by molar-refractivity contribution is 4.76. The van der Waals surface area contributed by atoms with E-state index in [0.29, 0.717) is 0 Å². The summed E-state index contributed by atoms with van der Waals surface area (Å²) in [5.74, 6) is 0. The van der Waals surface area contributed by atoms with Crippen LogP contribution in [0.2, 0.25) is 0 Å². The van der Waals surface area contributed by atoms with Crippen LogP contribution in [0.1, 0.15) is 89.9 Å². The minimum Gasteiger partial charge on any atom is -0.302 e. The molecule has 0 spiro atoms. The van der Waals surface area contributed by atoms with E-state index in [1.807, 2.05) is 0 Å². The van der Waals surface area contributed by atoms with Crippen LogP contribution in [0.3, 0.4) is 0 Å². The van der Waals surface area contributed by atoms with Gasteiger partial charge < -0.3 is 39.2 Å². The molecule has 8 heteroatoms. The first-order valence-electron chi connectivity index (χ1n) is 20.6. The zero-order valence-electron chi connectivity index (χ0n) is 30.4. The molecule has 0 aromatic rings. The summed E-state index contributed by atoms with van der Waals surface area (Å²) in [4.78, 5) is 22.5. The van der Waals surface area contributed by atoms with Crippen LogP contribution in [0, 0.1) is 0 Å². The summed E-state index contributed by atoms with van der Waals surface area (Å²) in [7, 11) is 0. The van der Waals surface area contributed by atoms with E-state index >= 15 is 0 Å². The van der Waals surface area contributed by atoms with Gasteiger partial charge in [-0.3, -0.25) is 0 Å². The van der Waals surface area contributed by atoms with E-state index in [1.165, 1.54) is 247 Å². The molecule has 0 atom stereocenters. The molecular weight excluding hydrogens is 568 g/mol. The fourth-order valence-electron chi connectivity index (χ4n) is 8.81. The molecule has 0 amide bonds. The van der Waals surface area contributed by atoms with E-state index in [2.05, 4.69) is 39.2 Å². The van der Waals surface area contributed by atoms with Crippen molar-refractivity contribution < 1.29 is 0 Å². The molecule has 0 aromatic heterocycles. The fraction of sp³-hybridized carbons (Fsp3) is 1.00. The molecule has 46 heavy (non-hydrogen) atoms. The Morgan fingerprint density at radius 3 is 0.500 bits per heavy atom. The number of hydrogen-bond donors (Lipinski definition) is 0. The van der Waals surface area contributed by atoms with Crippen molar-refractivity contribution in [2.45, 2.75) is 89.9 Å². The highest BCUT2D eigenvalue weighted by Gasteiger charge is 2.20. The van der Waals surface area contributed by atoms with Gasteiger partial charge in [-0.25, -0.2) is 0 Å². The van der Waals surface area contributed by atoms with E-state index in [-0.39, 0.29) is 0 Å². The van der Waals surface area contributed by atoms with Crippen molar-refractivity contribution >= 4 is 0 Å². The molecule has 5 heterocycles. The summed E-state index contributed by atoms with van der Waals surface area (Å²) < 4.78 is 0. The number of hydrogen-bond acceptors (Lipinski definition) is 8.